The monoisotopic (exact) mass is 384 g/mol. The lowest BCUT2D eigenvalue weighted by atomic mass is 10.1. The lowest BCUT2D eigenvalue weighted by molar-refractivity contribution is 0.0785. The van der Waals surface area contributed by atoms with E-state index in [1.807, 2.05) is 24.6 Å². The largest absolute Gasteiger partial charge is 0.337 e. The van der Waals surface area contributed by atoms with Crippen LogP contribution in [0.5, 0.6) is 0 Å². The fourth-order valence-electron chi connectivity index (χ4n) is 3.36. The number of nitrogens with zero attached hydrogens (tertiary/aromatic N) is 4. The number of aromatic nitrogens is 3. The number of hydrogen-bond acceptors (Lipinski definition) is 3. The minimum Gasteiger partial charge on any atom is -0.337 e. The van der Waals surface area contributed by atoms with Crippen molar-refractivity contribution in [2.24, 2.45) is 0 Å². The summed E-state index contributed by atoms with van der Waals surface area (Å²) in [4.78, 5) is 19.4. The lowest BCUT2D eigenvalue weighted by Crippen LogP contribution is -2.27. The molecule has 146 valence electrons. The normalized spacial score (nSPS) is 14.1. The molecular formula is C21H22F2N4O. The highest BCUT2D eigenvalue weighted by molar-refractivity contribution is 6.05. The Balaban J connectivity index is 1.71. The molecule has 5 nitrogen and oxygen atoms in total. The summed E-state index contributed by atoms with van der Waals surface area (Å²) in [6.07, 6.45) is 3.80. The SMILES string of the molecule is CC(C)n1ncc2c(C(=O)N(C)Cc3ccc(F)cc3F)cc(C3CC3)nc21. The molecule has 0 aliphatic heterocycles. The number of carbonyl (C=O) groups is 1. The predicted octanol–water partition coefficient (Wildman–Crippen LogP) is 4.44. The third-order valence-corrected chi connectivity index (χ3v) is 5.07. The molecule has 0 N–H and O–H groups in total. The van der Waals surface area contributed by atoms with E-state index in [2.05, 4.69) is 5.10 Å². The molecule has 0 saturated heterocycles. The third kappa shape index (κ3) is 3.37. The van der Waals surface area contributed by atoms with Crippen molar-refractivity contribution in [3.63, 3.8) is 0 Å². The quantitative estimate of drug-likeness (QED) is 0.653. The van der Waals surface area contributed by atoms with E-state index in [9.17, 15) is 13.6 Å². The van der Waals surface area contributed by atoms with Crippen LogP contribution in [0.2, 0.25) is 0 Å². The number of halogens is 2. The Kier molecular flexibility index (Phi) is 4.61. The zero-order valence-corrected chi connectivity index (χ0v) is 16.1. The van der Waals surface area contributed by atoms with E-state index in [1.165, 1.54) is 17.0 Å². The minimum atomic E-state index is -0.661. The van der Waals surface area contributed by atoms with Gasteiger partial charge in [-0.05, 0) is 38.8 Å². The first-order valence-electron chi connectivity index (χ1n) is 9.42. The van der Waals surface area contributed by atoms with Gasteiger partial charge in [-0.1, -0.05) is 6.07 Å². The highest BCUT2D eigenvalue weighted by Crippen LogP contribution is 2.40. The van der Waals surface area contributed by atoms with E-state index in [0.717, 1.165) is 24.6 Å². The fraction of sp³-hybridized carbons (Fsp3) is 0.381. The van der Waals surface area contributed by atoms with Crippen LogP contribution < -0.4 is 0 Å². The van der Waals surface area contributed by atoms with Crippen molar-refractivity contribution in [1.82, 2.24) is 19.7 Å². The zero-order valence-electron chi connectivity index (χ0n) is 16.1. The second-order valence-electron chi connectivity index (χ2n) is 7.69. The number of amides is 1. The van der Waals surface area contributed by atoms with Gasteiger partial charge in [-0.2, -0.15) is 5.10 Å². The maximum Gasteiger partial charge on any atom is 0.254 e. The molecule has 1 amide bonds. The molecule has 1 aromatic carbocycles. The van der Waals surface area contributed by atoms with Gasteiger partial charge in [-0.25, -0.2) is 18.4 Å². The molecule has 1 aliphatic carbocycles. The summed E-state index contributed by atoms with van der Waals surface area (Å²) < 4.78 is 29.0. The summed E-state index contributed by atoms with van der Waals surface area (Å²) in [5, 5.41) is 5.10. The fourth-order valence-corrected chi connectivity index (χ4v) is 3.36. The van der Waals surface area contributed by atoms with Crippen molar-refractivity contribution in [3.05, 3.63) is 58.9 Å². The first kappa shape index (κ1) is 18.5. The molecule has 0 unspecified atom stereocenters. The number of benzene rings is 1. The molecule has 4 rings (SSSR count). The van der Waals surface area contributed by atoms with Crippen LogP contribution in [0.25, 0.3) is 11.0 Å². The Morgan fingerprint density at radius 2 is 2.04 bits per heavy atom. The van der Waals surface area contributed by atoms with Crippen LogP contribution in [0, 0.1) is 11.6 Å². The van der Waals surface area contributed by atoms with Gasteiger partial charge >= 0.3 is 0 Å². The summed E-state index contributed by atoms with van der Waals surface area (Å²) in [6, 6.07) is 5.35. The highest BCUT2D eigenvalue weighted by atomic mass is 19.1. The molecule has 0 spiro atoms. The van der Waals surface area contributed by atoms with Gasteiger partial charge in [0.05, 0.1) is 17.1 Å². The maximum atomic E-state index is 14.0. The van der Waals surface area contributed by atoms with Crippen LogP contribution in [-0.2, 0) is 6.54 Å². The van der Waals surface area contributed by atoms with Crippen LogP contribution in [0.4, 0.5) is 8.78 Å². The van der Waals surface area contributed by atoms with Crippen LogP contribution in [0.3, 0.4) is 0 Å². The number of rotatable bonds is 5. The lowest BCUT2D eigenvalue weighted by Gasteiger charge is -2.19. The van der Waals surface area contributed by atoms with Crippen molar-refractivity contribution in [2.75, 3.05) is 7.05 Å². The van der Waals surface area contributed by atoms with Crippen molar-refractivity contribution in [2.45, 2.75) is 45.2 Å². The third-order valence-electron chi connectivity index (χ3n) is 5.07. The zero-order chi connectivity index (χ0) is 20.0. The van der Waals surface area contributed by atoms with Gasteiger partial charge in [0.15, 0.2) is 5.65 Å². The Hall–Kier alpha value is -2.83. The summed E-state index contributed by atoms with van der Waals surface area (Å²) in [7, 11) is 1.61. The molecule has 0 bridgehead atoms. The summed E-state index contributed by atoms with van der Waals surface area (Å²) in [5.74, 6) is -1.15. The summed E-state index contributed by atoms with van der Waals surface area (Å²) in [6.45, 7) is 4.08. The van der Waals surface area contributed by atoms with Crippen molar-refractivity contribution < 1.29 is 13.6 Å². The van der Waals surface area contributed by atoms with E-state index >= 15 is 0 Å². The predicted molar refractivity (Wildman–Crippen MR) is 102 cm³/mol. The van der Waals surface area contributed by atoms with Crippen LogP contribution in [0.1, 0.15) is 60.3 Å². The number of fused-ring (bicyclic) bond motifs is 1. The maximum absolute atomic E-state index is 14.0. The molecule has 7 heteroatoms. The first-order valence-corrected chi connectivity index (χ1v) is 9.42. The molecule has 0 radical (unpaired) electrons. The molecule has 2 aromatic heterocycles. The molecule has 3 aromatic rings. The van der Waals surface area contributed by atoms with E-state index in [4.69, 9.17) is 4.98 Å². The molecule has 2 heterocycles. The Bertz CT molecular complexity index is 1060. The van der Waals surface area contributed by atoms with Gasteiger partial charge in [-0.15, -0.1) is 0 Å². The van der Waals surface area contributed by atoms with Gasteiger partial charge < -0.3 is 4.90 Å². The Morgan fingerprint density at radius 1 is 1.29 bits per heavy atom. The Labute approximate surface area is 162 Å². The second-order valence-corrected chi connectivity index (χ2v) is 7.69. The van der Waals surface area contributed by atoms with Gasteiger partial charge in [0.25, 0.3) is 5.91 Å². The summed E-state index contributed by atoms with van der Waals surface area (Å²) >= 11 is 0. The average molecular weight is 384 g/mol. The van der Waals surface area contributed by atoms with Crippen LogP contribution >= 0.6 is 0 Å². The summed E-state index contributed by atoms with van der Waals surface area (Å²) in [5.41, 5.74) is 2.38. The van der Waals surface area contributed by atoms with E-state index in [-0.39, 0.29) is 24.1 Å². The van der Waals surface area contributed by atoms with Gasteiger partial charge in [0.2, 0.25) is 0 Å². The van der Waals surface area contributed by atoms with Gasteiger partial charge in [0.1, 0.15) is 11.6 Å². The first-order chi connectivity index (χ1) is 13.3. The van der Waals surface area contributed by atoms with Crippen LogP contribution in [-0.4, -0.2) is 32.6 Å². The molecule has 1 aliphatic rings. The van der Waals surface area contributed by atoms with Gasteiger partial charge in [-0.3, -0.25) is 4.79 Å². The Morgan fingerprint density at radius 3 is 2.68 bits per heavy atom. The van der Waals surface area contributed by atoms with Crippen molar-refractivity contribution in [3.8, 4) is 0 Å². The van der Waals surface area contributed by atoms with E-state index in [1.54, 1.807) is 13.2 Å². The molecule has 28 heavy (non-hydrogen) atoms. The number of pyridine rings is 1. The highest BCUT2D eigenvalue weighted by Gasteiger charge is 2.29. The van der Waals surface area contributed by atoms with Gasteiger partial charge in [0, 0.05) is 42.9 Å². The van der Waals surface area contributed by atoms with E-state index in [0.29, 0.717) is 22.5 Å². The number of hydrogen-bond donors (Lipinski definition) is 0. The van der Waals surface area contributed by atoms with E-state index < -0.39 is 11.6 Å². The van der Waals surface area contributed by atoms with Crippen molar-refractivity contribution >= 4 is 16.9 Å². The number of carbonyl (C=O) groups excluding carboxylic acids is 1. The minimum absolute atomic E-state index is 0.0475. The molecule has 1 fully saturated rings. The second kappa shape index (κ2) is 6.96. The smallest absolute Gasteiger partial charge is 0.254 e. The molecule has 1 saturated carbocycles. The van der Waals surface area contributed by atoms with Crippen molar-refractivity contribution in [1.29, 1.82) is 0 Å². The topological polar surface area (TPSA) is 51.0 Å². The molecular weight excluding hydrogens is 362 g/mol. The van der Waals surface area contributed by atoms with Crippen LogP contribution in [0.15, 0.2) is 30.5 Å². The molecule has 0 atom stereocenters. The standard InChI is InChI=1S/C21H22F2N4O/c1-12(2)27-20-17(10-24-27)16(9-19(25-20)13-4-5-13)21(28)26(3)11-14-6-7-15(22)8-18(14)23/h6-10,12-13H,4-5,11H2,1-3H3. The average Bonchev–Trinajstić information content (AvgIpc) is 3.41.